The molecule has 2 rings (SSSR count). The number of hydrogen-bond acceptors (Lipinski definition) is 3. The van der Waals surface area contributed by atoms with Crippen LogP contribution in [0.2, 0.25) is 0 Å². The number of nitrogens with one attached hydrogen (secondary N) is 2. The summed E-state index contributed by atoms with van der Waals surface area (Å²) in [6.07, 6.45) is 1.88. The number of anilines is 1. The van der Waals surface area contributed by atoms with Crippen molar-refractivity contribution in [3.8, 4) is 0 Å². The highest BCUT2D eigenvalue weighted by Gasteiger charge is 2.17. The van der Waals surface area contributed by atoms with E-state index in [0.29, 0.717) is 11.3 Å². The Bertz CT molecular complexity index is 664. The Morgan fingerprint density at radius 2 is 2.00 bits per heavy atom. The standard InChI is InChI=1S/C14H14N2O3S/c1-8-7-10(12(15-8)14(18)19)16-13(17)9-5-3-4-6-11(9)20-2/h3-7,15H,1-2H3,(H,16,17)(H,18,19). The second-order valence-corrected chi connectivity index (χ2v) is 5.05. The molecule has 6 heteroatoms. The van der Waals surface area contributed by atoms with Crippen LogP contribution in [0.3, 0.4) is 0 Å². The van der Waals surface area contributed by atoms with Crippen molar-refractivity contribution in [2.24, 2.45) is 0 Å². The molecule has 20 heavy (non-hydrogen) atoms. The molecule has 0 saturated carbocycles. The number of carbonyl (C=O) groups is 2. The highest BCUT2D eigenvalue weighted by Crippen LogP contribution is 2.23. The van der Waals surface area contributed by atoms with Gasteiger partial charge in [0.05, 0.1) is 11.3 Å². The van der Waals surface area contributed by atoms with Crippen molar-refractivity contribution >= 4 is 29.3 Å². The molecule has 3 N–H and O–H groups in total. The largest absolute Gasteiger partial charge is 0.477 e. The minimum Gasteiger partial charge on any atom is -0.477 e. The van der Waals surface area contributed by atoms with Gasteiger partial charge < -0.3 is 15.4 Å². The van der Waals surface area contributed by atoms with E-state index >= 15 is 0 Å². The Morgan fingerprint density at radius 1 is 1.30 bits per heavy atom. The maximum atomic E-state index is 12.2. The Balaban J connectivity index is 2.30. The van der Waals surface area contributed by atoms with Crippen molar-refractivity contribution in [3.63, 3.8) is 0 Å². The smallest absolute Gasteiger partial charge is 0.354 e. The second-order valence-electron chi connectivity index (χ2n) is 4.20. The zero-order chi connectivity index (χ0) is 14.7. The maximum Gasteiger partial charge on any atom is 0.354 e. The van der Waals surface area contributed by atoms with Gasteiger partial charge in [-0.15, -0.1) is 11.8 Å². The molecule has 0 bridgehead atoms. The zero-order valence-electron chi connectivity index (χ0n) is 11.1. The van der Waals surface area contributed by atoms with Crippen molar-refractivity contribution in [1.82, 2.24) is 4.98 Å². The molecule has 2 aromatic rings. The lowest BCUT2D eigenvalue weighted by Gasteiger charge is -2.07. The number of aryl methyl sites for hydroxylation is 1. The van der Waals surface area contributed by atoms with Crippen molar-refractivity contribution < 1.29 is 14.7 Å². The Labute approximate surface area is 120 Å². The summed E-state index contributed by atoms with van der Waals surface area (Å²) < 4.78 is 0. The molecule has 0 aliphatic heterocycles. The number of thioether (sulfide) groups is 1. The molecule has 104 valence electrons. The van der Waals surface area contributed by atoms with E-state index in [0.717, 1.165) is 4.90 Å². The van der Waals surface area contributed by atoms with Crippen molar-refractivity contribution in [1.29, 1.82) is 0 Å². The van der Waals surface area contributed by atoms with Gasteiger partial charge in [-0.25, -0.2) is 4.79 Å². The topological polar surface area (TPSA) is 82.2 Å². The molecule has 0 saturated heterocycles. The van der Waals surface area contributed by atoms with Gasteiger partial charge in [0.2, 0.25) is 0 Å². The van der Waals surface area contributed by atoms with E-state index in [2.05, 4.69) is 10.3 Å². The number of hydrogen-bond donors (Lipinski definition) is 3. The monoisotopic (exact) mass is 290 g/mol. The van der Waals surface area contributed by atoms with Crippen LogP contribution in [0.15, 0.2) is 35.2 Å². The predicted molar refractivity (Wildman–Crippen MR) is 78.7 cm³/mol. The molecule has 0 unspecified atom stereocenters. The van der Waals surface area contributed by atoms with E-state index in [1.165, 1.54) is 11.8 Å². The molecular formula is C14H14N2O3S. The van der Waals surface area contributed by atoms with Crippen LogP contribution in [0.4, 0.5) is 5.69 Å². The number of rotatable bonds is 4. The lowest BCUT2D eigenvalue weighted by Crippen LogP contribution is -2.14. The van der Waals surface area contributed by atoms with Gasteiger partial charge in [0.25, 0.3) is 5.91 Å². The first-order valence-corrected chi connectivity index (χ1v) is 7.12. The number of carbonyl (C=O) groups excluding carboxylic acids is 1. The van der Waals surface area contributed by atoms with Gasteiger partial charge in [-0.2, -0.15) is 0 Å². The van der Waals surface area contributed by atoms with Crippen LogP contribution in [0, 0.1) is 6.92 Å². The number of aromatic nitrogens is 1. The molecule has 0 aliphatic carbocycles. The first-order valence-electron chi connectivity index (χ1n) is 5.90. The number of H-pyrrole nitrogens is 1. The normalized spacial score (nSPS) is 10.3. The van der Waals surface area contributed by atoms with Gasteiger partial charge in [0, 0.05) is 10.6 Å². The van der Waals surface area contributed by atoms with Crippen LogP contribution in [0.1, 0.15) is 26.5 Å². The summed E-state index contributed by atoms with van der Waals surface area (Å²) in [5, 5.41) is 11.7. The number of carboxylic acid groups (broad SMARTS) is 1. The summed E-state index contributed by atoms with van der Waals surface area (Å²) in [4.78, 5) is 26.9. The summed E-state index contributed by atoms with van der Waals surface area (Å²) >= 11 is 1.47. The lowest BCUT2D eigenvalue weighted by molar-refractivity contribution is 0.0692. The SMILES string of the molecule is CSc1ccccc1C(=O)Nc1cc(C)[nH]c1C(=O)O. The summed E-state index contributed by atoms with van der Waals surface area (Å²) in [7, 11) is 0. The quantitative estimate of drug-likeness (QED) is 0.756. The fourth-order valence-corrected chi connectivity index (χ4v) is 2.47. The first kappa shape index (κ1) is 14.2. The molecule has 1 heterocycles. The van der Waals surface area contributed by atoms with E-state index in [4.69, 9.17) is 5.11 Å². The van der Waals surface area contributed by atoms with Crippen LogP contribution in [0.5, 0.6) is 0 Å². The first-order chi connectivity index (χ1) is 9.52. The van der Waals surface area contributed by atoms with Gasteiger partial charge in [-0.05, 0) is 31.4 Å². The fraction of sp³-hybridized carbons (Fsp3) is 0.143. The van der Waals surface area contributed by atoms with E-state index in [1.54, 1.807) is 25.1 Å². The summed E-state index contributed by atoms with van der Waals surface area (Å²) in [5.74, 6) is -1.43. The third-order valence-electron chi connectivity index (χ3n) is 2.77. The summed E-state index contributed by atoms with van der Waals surface area (Å²) in [6, 6.07) is 8.78. The van der Waals surface area contributed by atoms with E-state index in [9.17, 15) is 9.59 Å². The maximum absolute atomic E-state index is 12.2. The summed E-state index contributed by atoms with van der Waals surface area (Å²) in [6.45, 7) is 1.73. The zero-order valence-corrected chi connectivity index (χ0v) is 11.9. The van der Waals surface area contributed by atoms with Crippen LogP contribution in [-0.4, -0.2) is 28.2 Å². The van der Waals surface area contributed by atoms with Crippen molar-refractivity contribution in [2.75, 3.05) is 11.6 Å². The third kappa shape index (κ3) is 2.85. The van der Waals surface area contributed by atoms with Gasteiger partial charge in [-0.3, -0.25) is 4.79 Å². The molecule has 0 radical (unpaired) electrons. The molecule has 0 aliphatic rings. The van der Waals surface area contributed by atoms with Crippen LogP contribution < -0.4 is 5.32 Å². The molecule has 0 atom stereocenters. The number of aromatic amines is 1. The molecule has 0 spiro atoms. The average molecular weight is 290 g/mol. The van der Waals surface area contributed by atoms with Crippen LogP contribution in [0.25, 0.3) is 0 Å². The second kappa shape index (κ2) is 5.83. The number of amides is 1. The fourth-order valence-electron chi connectivity index (χ4n) is 1.88. The minimum absolute atomic E-state index is 0.0162. The predicted octanol–water partition coefficient (Wildman–Crippen LogP) is 3.00. The molecule has 5 nitrogen and oxygen atoms in total. The lowest BCUT2D eigenvalue weighted by atomic mass is 10.2. The average Bonchev–Trinajstić information content (AvgIpc) is 2.79. The van der Waals surface area contributed by atoms with Gasteiger partial charge >= 0.3 is 5.97 Å². The molecule has 1 aromatic carbocycles. The Morgan fingerprint density at radius 3 is 2.65 bits per heavy atom. The Kier molecular flexibility index (Phi) is 4.14. The Hall–Kier alpha value is -2.21. The van der Waals surface area contributed by atoms with Gasteiger partial charge in [-0.1, -0.05) is 12.1 Å². The molecular weight excluding hydrogens is 276 g/mol. The van der Waals surface area contributed by atoms with Gasteiger partial charge in [0.15, 0.2) is 0 Å². The van der Waals surface area contributed by atoms with Crippen molar-refractivity contribution in [2.45, 2.75) is 11.8 Å². The van der Waals surface area contributed by atoms with Crippen LogP contribution in [-0.2, 0) is 0 Å². The van der Waals surface area contributed by atoms with Gasteiger partial charge in [0.1, 0.15) is 5.69 Å². The van der Waals surface area contributed by atoms with E-state index < -0.39 is 5.97 Å². The summed E-state index contributed by atoms with van der Waals surface area (Å²) in [5.41, 5.74) is 1.46. The van der Waals surface area contributed by atoms with Crippen LogP contribution >= 0.6 is 11.8 Å². The molecule has 1 aromatic heterocycles. The van der Waals surface area contributed by atoms with E-state index in [1.807, 2.05) is 18.4 Å². The third-order valence-corrected chi connectivity index (χ3v) is 3.56. The van der Waals surface area contributed by atoms with Crippen molar-refractivity contribution in [3.05, 3.63) is 47.3 Å². The molecule has 0 fully saturated rings. The number of carboxylic acids is 1. The highest BCUT2D eigenvalue weighted by atomic mass is 32.2. The number of benzene rings is 1. The van der Waals surface area contributed by atoms with E-state index in [-0.39, 0.29) is 17.3 Å². The number of aromatic carboxylic acids is 1. The molecule has 1 amide bonds. The minimum atomic E-state index is -1.11. The highest BCUT2D eigenvalue weighted by molar-refractivity contribution is 7.98.